The first-order valence-corrected chi connectivity index (χ1v) is 12.8. The normalized spacial score (nSPS) is 12.0. The molecule has 5 nitrogen and oxygen atoms in total. The highest BCUT2D eigenvalue weighted by Crippen LogP contribution is 2.44. The van der Waals surface area contributed by atoms with Gasteiger partial charge in [-0.3, -0.25) is 0 Å². The van der Waals surface area contributed by atoms with E-state index in [-0.39, 0.29) is 5.04 Å². The summed E-state index contributed by atoms with van der Waals surface area (Å²) in [6.07, 6.45) is 4.03. The first kappa shape index (κ1) is 23.7. The van der Waals surface area contributed by atoms with Crippen molar-refractivity contribution in [3.63, 3.8) is 0 Å². The Bertz CT molecular complexity index is 897. The summed E-state index contributed by atoms with van der Waals surface area (Å²) < 4.78 is 28.4. The summed E-state index contributed by atoms with van der Waals surface area (Å²) >= 11 is 0. The van der Waals surface area contributed by atoms with Crippen molar-refractivity contribution in [1.29, 1.82) is 0 Å². The molecule has 0 heterocycles. The Morgan fingerprint density at radius 1 is 0.667 bits per heavy atom. The second-order valence-electron chi connectivity index (χ2n) is 8.56. The van der Waals surface area contributed by atoms with Gasteiger partial charge in [-0.2, -0.15) is 0 Å². The average Bonchev–Trinajstić information content (AvgIpc) is 2.70. The lowest BCUT2D eigenvalue weighted by atomic mass is 10.1. The van der Waals surface area contributed by atoms with Gasteiger partial charge in [0, 0.05) is 0 Å². The molecule has 0 atom stereocenters. The van der Waals surface area contributed by atoms with Gasteiger partial charge in [0.2, 0.25) is 5.75 Å². The van der Waals surface area contributed by atoms with E-state index in [2.05, 4.69) is 33.9 Å². The standard InChI is InChI=1S/C24H34O5Si/c1-24(2,3)30(8,9)29-22-16-18(15-21(27-6)23(22)28-7)11-10-17-12-13-19(25-4)20(14-17)26-5/h10-16H,1-9H3/b11-10+. The Balaban J connectivity index is 2.45. The van der Waals surface area contributed by atoms with Gasteiger partial charge in [-0.25, -0.2) is 0 Å². The summed E-state index contributed by atoms with van der Waals surface area (Å²) in [4.78, 5) is 0. The second kappa shape index (κ2) is 9.47. The van der Waals surface area contributed by atoms with E-state index in [1.165, 1.54) is 0 Å². The molecule has 0 spiro atoms. The van der Waals surface area contributed by atoms with Crippen LogP contribution in [-0.4, -0.2) is 36.8 Å². The Kier molecular flexibility index (Phi) is 7.47. The predicted molar refractivity (Wildman–Crippen MR) is 126 cm³/mol. The van der Waals surface area contributed by atoms with Crippen LogP contribution in [0.1, 0.15) is 31.9 Å². The maximum Gasteiger partial charge on any atom is 0.250 e. The molecular weight excluding hydrogens is 396 g/mol. The maximum absolute atomic E-state index is 6.55. The van der Waals surface area contributed by atoms with Gasteiger partial charge < -0.3 is 23.4 Å². The second-order valence-corrected chi connectivity index (χ2v) is 13.3. The van der Waals surface area contributed by atoms with Crippen molar-refractivity contribution in [2.45, 2.75) is 38.9 Å². The minimum Gasteiger partial charge on any atom is -0.541 e. The maximum atomic E-state index is 6.55. The molecule has 0 unspecified atom stereocenters. The van der Waals surface area contributed by atoms with Crippen LogP contribution < -0.4 is 23.4 Å². The van der Waals surface area contributed by atoms with Crippen molar-refractivity contribution < 1.29 is 23.4 Å². The fourth-order valence-electron chi connectivity index (χ4n) is 2.70. The molecular formula is C24H34O5Si. The number of ether oxygens (including phenoxy) is 4. The van der Waals surface area contributed by atoms with Crippen LogP contribution in [0.2, 0.25) is 18.1 Å². The number of benzene rings is 2. The SMILES string of the molecule is COc1ccc(/C=C/c2cc(OC)c(OC)c(O[Si](C)(C)C(C)(C)C)c2)cc1OC. The Morgan fingerprint density at radius 2 is 1.20 bits per heavy atom. The van der Waals surface area contributed by atoms with Crippen molar-refractivity contribution in [2.24, 2.45) is 0 Å². The van der Waals surface area contributed by atoms with E-state index in [1.807, 2.05) is 42.5 Å². The van der Waals surface area contributed by atoms with Crippen LogP contribution in [0.3, 0.4) is 0 Å². The molecule has 0 aromatic heterocycles. The fourth-order valence-corrected chi connectivity index (χ4v) is 3.71. The molecule has 0 saturated heterocycles. The van der Waals surface area contributed by atoms with Crippen molar-refractivity contribution in [1.82, 2.24) is 0 Å². The number of rotatable bonds is 8. The summed E-state index contributed by atoms with van der Waals surface area (Å²) in [6.45, 7) is 11.1. The van der Waals surface area contributed by atoms with Gasteiger partial charge in [-0.15, -0.1) is 0 Å². The molecule has 2 rings (SSSR count). The largest absolute Gasteiger partial charge is 0.541 e. The zero-order valence-corrected chi connectivity index (χ0v) is 20.6. The third-order valence-electron chi connectivity index (χ3n) is 5.51. The highest BCUT2D eigenvalue weighted by Gasteiger charge is 2.39. The van der Waals surface area contributed by atoms with Crippen molar-refractivity contribution in [3.8, 4) is 28.7 Å². The van der Waals surface area contributed by atoms with Gasteiger partial charge in [-0.1, -0.05) is 39.0 Å². The summed E-state index contributed by atoms with van der Waals surface area (Å²) in [5, 5.41) is 0.0662. The molecule has 0 aliphatic carbocycles. The monoisotopic (exact) mass is 430 g/mol. The lowest BCUT2D eigenvalue weighted by Crippen LogP contribution is -2.43. The van der Waals surface area contributed by atoms with Crippen LogP contribution in [0.5, 0.6) is 28.7 Å². The molecule has 0 saturated carbocycles. The van der Waals surface area contributed by atoms with Crippen LogP contribution in [0.15, 0.2) is 30.3 Å². The quantitative estimate of drug-likeness (QED) is 0.364. The molecule has 2 aromatic carbocycles. The zero-order chi connectivity index (χ0) is 22.5. The van der Waals surface area contributed by atoms with Gasteiger partial charge in [-0.05, 0) is 53.5 Å². The van der Waals surface area contributed by atoms with E-state index in [4.69, 9.17) is 23.4 Å². The van der Waals surface area contributed by atoms with Gasteiger partial charge in [0.05, 0.1) is 28.4 Å². The van der Waals surface area contributed by atoms with E-state index >= 15 is 0 Å². The first-order chi connectivity index (χ1) is 14.1. The van der Waals surface area contributed by atoms with Crippen LogP contribution in [0.25, 0.3) is 12.2 Å². The molecule has 164 valence electrons. The summed E-state index contributed by atoms with van der Waals surface area (Å²) in [5.41, 5.74) is 1.95. The smallest absolute Gasteiger partial charge is 0.250 e. The van der Waals surface area contributed by atoms with Gasteiger partial charge in [0.15, 0.2) is 23.0 Å². The van der Waals surface area contributed by atoms with Crippen molar-refractivity contribution in [2.75, 3.05) is 28.4 Å². The number of hydrogen-bond donors (Lipinski definition) is 0. The molecule has 0 N–H and O–H groups in total. The van der Waals surface area contributed by atoms with Crippen LogP contribution >= 0.6 is 0 Å². The molecule has 30 heavy (non-hydrogen) atoms. The third kappa shape index (κ3) is 5.30. The molecule has 0 radical (unpaired) electrons. The van der Waals surface area contributed by atoms with E-state index in [9.17, 15) is 0 Å². The average molecular weight is 431 g/mol. The highest BCUT2D eigenvalue weighted by atomic mass is 28.4. The number of methoxy groups -OCH3 is 4. The fraction of sp³-hybridized carbons (Fsp3) is 0.417. The van der Waals surface area contributed by atoms with Gasteiger partial charge in [0.1, 0.15) is 0 Å². The summed E-state index contributed by atoms with van der Waals surface area (Å²) in [5.74, 6) is 3.35. The van der Waals surface area contributed by atoms with Crippen LogP contribution in [-0.2, 0) is 0 Å². The summed E-state index contributed by atoms with van der Waals surface area (Å²) in [6, 6.07) is 9.74. The zero-order valence-electron chi connectivity index (χ0n) is 19.6. The van der Waals surface area contributed by atoms with E-state index in [0.29, 0.717) is 28.7 Å². The lowest BCUT2D eigenvalue weighted by Gasteiger charge is -2.37. The molecule has 0 aliphatic rings. The third-order valence-corrected chi connectivity index (χ3v) is 9.86. The summed E-state index contributed by atoms with van der Waals surface area (Å²) in [7, 11) is 4.47. The molecule has 0 fully saturated rings. The number of hydrogen-bond acceptors (Lipinski definition) is 5. The minimum absolute atomic E-state index is 0.0662. The highest BCUT2D eigenvalue weighted by molar-refractivity contribution is 6.74. The first-order valence-electron chi connectivity index (χ1n) is 9.91. The molecule has 6 heteroatoms. The van der Waals surface area contributed by atoms with Crippen molar-refractivity contribution >= 4 is 20.5 Å². The molecule has 0 aliphatic heterocycles. The Morgan fingerprint density at radius 3 is 1.73 bits per heavy atom. The van der Waals surface area contributed by atoms with E-state index in [1.54, 1.807) is 28.4 Å². The minimum atomic E-state index is -2.05. The molecule has 0 bridgehead atoms. The van der Waals surface area contributed by atoms with Gasteiger partial charge >= 0.3 is 0 Å². The lowest BCUT2D eigenvalue weighted by molar-refractivity contribution is 0.340. The predicted octanol–water partition coefficient (Wildman–Crippen LogP) is 6.28. The molecule has 0 amide bonds. The Labute approximate surface area is 181 Å². The Hall–Kier alpha value is -2.60. The van der Waals surface area contributed by atoms with Crippen molar-refractivity contribution in [3.05, 3.63) is 41.5 Å². The van der Waals surface area contributed by atoms with E-state index in [0.717, 1.165) is 11.1 Å². The van der Waals surface area contributed by atoms with Gasteiger partial charge in [0.25, 0.3) is 8.32 Å². The van der Waals surface area contributed by atoms with Crippen LogP contribution in [0, 0.1) is 0 Å². The van der Waals surface area contributed by atoms with Crippen LogP contribution in [0.4, 0.5) is 0 Å². The molecule has 2 aromatic rings. The topological polar surface area (TPSA) is 46.2 Å². The van der Waals surface area contributed by atoms with E-state index < -0.39 is 8.32 Å².